The largest absolute Gasteiger partial charge is 0.446 e. The molecule has 2 aliphatic rings. The van der Waals surface area contributed by atoms with E-state index in [9.17, 15) is 14.4 Å². The smallest absolute Gasteiger partial charge is 0.379 e. The Morgan fingerprint density at radius 3 is 2.17 bits per heavy atom. The molecule has 0 spiro atoms. The summed E-state index contributed by atoms with van der Waals surface area (Å²) in [6, 6.07) is 17.3. The van der Waals surface area contributed by atoms with Crippen LogP contribution in [0.15, 0.2) is 60.7 Å². The number of carbonyl (C=O) groups is 3. The van der Waals surface area contributed by atoms with E-state index in [0.29, 0.717) is 5.23 Å². The molecule has 0 aliphatic carbocycles. The van der Waals surface area contributed by atoms with Gasteiger partial charge in [-0.1, -0.05) is 60.7 Å². The highest BCUT2D eigenvalue weighted by Gasteiger charge is 2.57. The molecule has 8 heteroatoms. The maximum absolute atomic E-state index is 13.3. The highest BCUT2D eigenvalue weighted by atomic mass is 17.0. The third kappa shape index (κ3) is 3.40. The van der Waals surface area contributed by atoms with Gasteiger partial charge in [0.25, 0.3) is 0 Å². The number of ether oxygens (including phenoxy) is 1. The Bertz CT molecular complexity index is 964. The van der Waals surface area contributed by atoms with Gasteiger partial charge in [-0.25, -0.2) is 16.2 Å². The molecule has 0 aromatic heterocycles. The van der Waals surface area contributed by atoms with Gasteiger partial charge in [-0.05, 0) is 16.4 Å². The fourth-order valence-corrected chi connectivity index (χ4v) is 3.79. The number of amides is 1. The number of benzene rings is 2. The Morgan fingerprint density at radius 2 is 1.70 bits per heavy atom. The van der Waals surface area contributed by atoms with E-state index in [0.717, 1.165) is 11.1 Å². The molecule has 30 heavy (non-hydrogen) atoms. The van der Waals surface area contributed by atoms with Crippen LogP contribution in [0.2, 0.25) is 0 Å². The van der Waals surface area contributed by atoms with E-state index in [2.05, 4.69) is 4.85 Å². The number of cyclic esters (lactones) is 1. The molecule has 2 aromatic rings. The number of esters is 1. The van der Waals surface area contributed by atoms with E-state index in [4.69, 9.17) is 21.0 Å². The zero-order chi connectivity index (χ0) is 21.1. The molecule has 1 unspecified atom stereocenters. The van der Waals surface area contributed by atoms with E-state index in [1.807, 2.05) is 60.7 Å². The Balaban J connectivity index is 1.74. The van der Waals surface area contributed by atoms with Crippen molar-refractivity contribution in [2.75, 3.05) is 6.61 Å². The van der Waals surface area contributed by atoms with Crippen LogP contribution in [0.1, 0.15) is 29.9 Å². The van der Waals surface area contributed by atoms with Gasteiger partial charge in [0.15, 0.2) is 6.61 Å². The maximum Gasteiger partial charge on any atom is 0.379 e. The molecule has 0 saturated carbocycles. The summed E-state index contributed by atoms with van der Waals surface area (Å²) < 4.78 is 5.61. The van der Waals surface area contributed by atoms with Crippen LogP contribution in [0.25, 0.3) is 4.85 Å². The lowest BCUT2D eigenvalue weighted by atomic mass is 9.76. The second-order valence-electron chi connectivity index (χ2n) is 7.03. The zero-order valence-electron chi connectivity index (χ0n) is 15.9. The van der Waals surface area contributed by atoms with Crippen molar-refractivity contribution in [3.8, 4) is 0 Å². The van der Waals surface area contributed by atoms with Crippen molar-refractivity contribution in [1.29, 1.82) is 0 Å². The predicted octanol–water partition coefficient (Wildman–Crippen LogP) is 2.41. The van der Waals surface area contributed by atoms with Crippen molar-refractivity contribution in [3.63, 3.8) is 0 Å². The number of hydrogen-bond acceptors (Lipinski definition) is 6. The van der Waals surface area contributed by atoms with Crippen molar-refractivity contribution >= 4 is 17.8 Å². The summed E-state index contributed by atoms with van der Waals surface area (Å²) in [6.45, 7) is 6.81. The molecular weight excluding hydrogens is 388 g/mol. The zero-order valence-corrected chi connectivity index (χ0v) is 15.9. The SMILES string of the molecule is [C-]#[N+][C@H]1CON(OC(=O)C2(C(c3ccccc3)c3ccccc3)CCC(=O)O2)C1=O. The average molecular weight is 406 g/mol. The van der Waals surface area contributed by atoms with Crippen LogP contribution in [-0.4, -0.2) is 41.3 Å². The topological polar surface area (TPSA) is 86.5 Å². The van der Waals surface area contributed by atoms with E-state index < -0.39 is 35.4 Å². The molecule has 4 rings (SSSR count). The minimum Gasteiger partial charge on any atom is -0.446 e. The Hall–Kier alpha value is -3.70. The van der Waals surface area contributed by atoms with Crippen LogP contribution in [0.5, 0.6) is 0 Å². The number of nitrogens with zero attached hydrogens (tertiary/aromatic N) is 2. The summed E-state index contributed by atoms with van der Waals surface area (Å²) in [5.74, 6) is -2.89. The lowest BCUT2D eigenvalue weighted by Crippen LogP contribution is -2.49. The number of hydrogen-bond donors (Lipinski definition) is 0. The molecule has 0 bridgehead atoms. The molecule has 1 amide bonds. The Kier molecular flexibility index (Phi) is 5.21. The first kappa shape index (κ1) is 19.6. The lowest BCUT2D eigenvalue weighted by molar-refractivity contribution is -0.310. The van der Waals surface area contributed by atoms with Crippen LogP contribution in [-0.2, 0) is 28.8 Å². The molecule has 2 aliphatic heterocycles. The Labute approximate surface area is 172 Å². The minimum absolute atomic E-state index is 0.0325. The highest BCUT2D eigenvalue weighted by Crippen LogP contribution is 2.45. The molecule has 2 aromatic carbocycles. The molecule has 2 fully saturated rings. The number of carbonyl (C=O) groups excluding carboxylic acids is 3. The normalized spacial score (nSPS) is 23.3. The van der Waals surface area contributed by atoms with Crippen molar-refractivity contribution in [2.24, 2.45) is 0 Å². The summed E-state index contributed by atoms with van der Waals surface area (Å²) in [5.41, 5.74) is -0.175. The minimum atomic E-state index is -1.68. The highest BCUT2D eigenvalue weighted by molar-refractivity contribution is 5.90. The molecule has 0 N–H and O–H groups in total. The summed E-state index contributed by atoms with van der Waals surface area (Å²) in [7, 11) is 0. The molecule has 2 atom stereocenters. The van der Waals surface area contributed by atoms with Crippen molar-refractivity contribution in [2.45, 2.75) is 30.4 Å². The first-order valence-corrected chi connectivity index (χ1v) is 9.43. The lowest BCUT2D eigenvalue weighted by Gasteiger charge is -2.34. The van der Waals surface area contributed by atoms with E-state index in [-0.39, 0.29) is 19.4 Å². The summed E-state index contributed by atoms with van der Waals surface area (Å²) in [4.78, 5) is 51.1. The van der Waals surface area contributed by atoms with Crippen molar-refractivity contribution < 1.29 is 28.8 Å². The van der Waals surface area contributed by atoms with Crippen LogP contribution >= 0.6 is 0 Å². The van der Waals surface area contributed by atoms with Gasteiger partial charge in [-0.2, -0.15) is 0 Å². The van der Waals surface area contributed by atoms with Crippen molar-refractivity contribution in [3.05, 3.63) is 83.2 Å². The van der Waals surface area contributed by atoms with Crippen molar-refractivity contribution in [1.82, 2.24) is 5.23 Å². The molecule has 2 saturated heterocycles. The summed E-state index contributed by atoms with van der Waals surface area (Å²) in [5, 5.41) is 0.423. The fraction of sp³-hybridized carbons (Fsp3) is 0.273. The van der Waals surface area contributed by atoms with Gasteiger partial charge in [0.1, 0.15) is 0 Å². The van der Waals surface area contributed by atoms with E-state index in [1.54, 1.807) is 0 Å². The number of rotatable bonds is 5. The molecule has 0 radical (unpaired) electrons. The van der Waals surface area contributed by atoms with Gasteiger partial charge in [0.2, 0.25) is 5.60 Å². The predicted molar refractivity (Wildman–Crippen MR) is 102 cm³/mol. The molecule has 8 nitrogen and oxygen atoms in total. The van der Waals surface area contributed by atoms with E-state index >= 15 is 0 Å². The summed E-state index contributed by atoms with van der Waals surface area (Å²) in [6.07, 6.45) is 0.109. The third-order valence-electron chi connectivity index (χ3n) is 5.21. The van der Waals surface area contributed by atoms with Gasteiger partial charge >= 0.3 is 23.9 Å². The van der Waals surface area contributed by atoms with Crippen LogP contribution in [0.3, 0.4) is 0 Å². The summed E-state index contributed by atoms with van der Waals surface area (Å²) >= 11 is 0. The first-order valence-electron chi connectivity index (χ1n) is 9.43. The van der Waals surface area contributed by atoms with Crippen LogP contribution in [0.4, 0.5) is 0 Å². The van der Waals surface area contributed by atoms with Gasteiger partial charge in [0.05, 0.1) is 5.92 Å². The van der Waals surface area contributed by atoms with E-state index in [1.165, 1.54) is 0 Å². The fourth-order valence-electron chi connectivity index (χ4n) is 3.79. The number of hydroxylamine groups is 2. The molecule has 152 valence electrons. The molecule has 2 heterocycles. The van der Waals surface area contributed by atoms with Crippen LogP contribution < -0.4 is 0 Å². The van der Waals surface area contributed by atoms with Gasteiger partial charge in [-0.3, -0.25) is 9.59 Å². The molecular formula is C22H18N2O6. The second-order valence-corrected chi connectivity index (χ2v) is 7.03. The standard InChI is InChI=1S/C22H18N2O6/c1-23-17-14-28-24(20(17)26)30-21(27)22(13-12-18(25)29-22)19(15-8-4-2-5-9-15)16-10-6-3-7-11-16/h2-11,17,19H,12-14H2/t17-,22?/m0/s1. The monoisotopic (exact) mass is 406 g/mol. The third-order valence-corrected chi connectivity index (χ3v) is 5.21. The first-order chi connectivity index (χ1) is 14.5. The second kappa shape index (κ2) is 7.97. The van der Waals surface area contributed by atoms with Gasteiger partial charge in [0, 0.05) is 12.8 Å². The van der Waals surface area contributed by atoms with Gasteiger partial charge in [-0.15, -0.1) is 0 Å². The van der Waals surface area contributed by atoms with Gasteiger partial charge < -0.3 is 14.4 Å². The van der Waals surface area contributed by atoms with Crippen LogP contribution in [0, 0.1) is 6.57 Å². The Morgan fingerprint density at radius 1 is 1.10 bits per heavy atom. The average Bonchev–Trinajstić information content (AvgIpc) is 3.33. The maximum atomic E-state index is 13.3. The quantitative estimate of drug-likeness (QED) is 0.560.